The van der Waals surface area contributed by atoms with E-state index in [0.29, 0.717) is 0 Å². The Balaban J connectivity index is 1.71. The average Bonchev–Trinajstić information content (AvgIpc) is 3.16. The number of nitrogens with zero attached hydrogens (tertiary/aromatic N) is 1. The molecule has 2 atom stereocenters. The molecule has 0 saturated heterocycles. The smallest absolute Gasteiger partial charge is 0.407 e. The van der Waals surface area contributed by atoms with Gasteiger partial charge in [0.2, 0.25) is 5.91 Å². The second-order valence-electron chi connectivity index (χ2n) is 8.03. The highest BCUT2D eigenvalue weighted by molar-refractivity contribution is 5.88. The third-order valence-corrected chi connectivity index (χ3v) is 5.93. The van der Waals surface area contributed by atoms with Gasteiger partial charge in [0.15, 0.2) is 0 Å². The molecule has 0 spiro atoms. The van der Waals surface area contributed by atoms with Crippen LogP contribution >= 0.6 is 0 Å². The van der Waals surface area contributed by atoms with Gasteiger partial charge in [0.25, 0.3) is 0 Å². The molecule has 9 heteroatoms. The summed E-state index contributed by atoms with van der Waals surface area (Å²) in [5.41, 5.74) is 4.36. The maximum absolute atomic E-state index is 13.1. The average molecular weight is 471 g/mol. The first kappa shape index (κ1) is 25.2. The van der Waals surface area contributed by atoms with Crippen LogP contribution < -0.4 is 5.32 Å². The first-order valence-electron chi connectivity index (χ1n) is 11.0. The number of amides is 2. The lowest BCUT2D eigenvalue weighted by Gasteiger charge is -2.29. The Bertz CT molecular complexity index is 980. The first-order chi connectivity index (χ1) is 16.4. The summed E-state index contributed by atoms with van der Waals surface area (Å²) in [7, 11) is 2.86. The van der Waals surface area contributed by atoms with E-state index in [9.17, 15) is 19.5 Å². The van der Waals surface area contributed by atoms with Crippen molar-refractivity contribution in [3.8, 4) is 11.1 Å². The van der Waals surface area contributed by atoms with E-state index in [4.69, 9.17) is 14.2 Å². The van der Waals surface area contributed by atoms with Crippen LogP contribution in [0.25, 0.3) is 11.1 Å². The molecule has 0 saturated carbocycles. The molecule has 9 nitrogen and oxygen atoms in total. The molecule has 34 heavy (non-hydrogen) atoms. The number of hydrogen-bond donors (Lipinski definition) is 2. The zero-order chi connectivity index (χ0) is 24.7. The molecule has 0 bridgehead atoms. The van der Waals surface area contributed by atoms with Crippen molar-refractivity contribution in [2.45, 2.75) is 25.0 Å². The van der Waals surface area contributed by atoms with Crippen LogP contribution in [0.5, 0.6) is 0 Å². The lowest BCUT2D eigenvalue weighted by atomic mass is 9.98. The highest BCUT2D eigenvalue weighted by Crippen LogP contribution is 2.44. The summed E-state index contributed by atoms with van der Waals surface area (Å²) in [5.74, 6) is -1.89. The Morgan fingerprint density at radius 3 is 2.15 bits per heavy atom. The van der Waals surface area contributed by atoms with Gasteiger partial charge in [-0.05, 0) is 29.2 Å². The second-order valence-corrected chi connectivity index (χ2v) is 8.03. The van der Waals surface area contributed by atoms with Gasteiger partial charge in [-0.2, -0.15) is 0 Å². The summed E-state index contributed by atoms with van der Waals surface area (Å²) in [5, 5.41) is 11.7. The standard InChI is InChI=1S/C25H30N2O7/c1-16(33-3)23(24(30)27(12-13-32-2)14-22(28)29)26-25(31)34-15-21-19-10-6-4-8-17(19)18-9-5-7-11-20(18)21/h4-11,16,21,23H,12-15H2,1-3H3,(H,26,31)(H,28,29). The number of benzene rings is 2. The Morgan fingerprint density at radius 2 is 1.62 bits per heavy atom. The fourth-order valence-electron chi connectivity index (χ4n) is 4.11. The number of methoxy groups -OCH3 is 2. The van der Waals surface area contributed by atoms with E-state index in [1.807, 2.05) is 48.5 Å². The minimum Gasteiger partial charge on any atom is -0.480 e. The van der Waals surface area contributed by atoms with Gasteiger partial charge in [-0.15, -0.1) is 0 Å². The minimum atomic E-state index is -1.17. The fourth-order valence-corrected chi connectivity index (χ4v) is 4.11. The van der Waals surface area contributed by atoms with E-state index in [2.05, 4.69) is 5.32 Å². The number of fused-ring (bicyclic) bond motifs is 3. The van der Waals surface area contributed by atoms with Crippen molar-refractivity contribution in [1.82, 2.24) is 10.2 Å². The molecule has 2 aromatic carbocycles. The van der Waals surface area contributed by atoms with Crippen molar-refractivity contribution in [2.75, 3.05) is 40.5 Å². The van der Waals surface area contributed by atoms with Crippen LogP contribution in [-0.2, 0) is 23.8 Å². The van der Waals surface area contributed by atoms with Gasteiger partial charge >= 0.3 is 12.1 Å². The van der Waals surface area contributed by atoms with E-state index in [1.54, 1.807) is 6.92 Å². The van der Waals surface area contributed by atoms with Crippen LogP contribution in [0, 0.1) is 0 Å². The van der Waals surface area contributed by atoms with E-state index in [1.165, 1.54) is 14.2 Å². The lowest BCUT2D eigenvalue weighted by molar-refractivity contribution is -0.147. The number of carboxylic acids is 1. The number of alkyl carbamates (subject to hydrolysis) is 1. The summed E-state index contributed by atoms with van der Waals surface area (Å²) < 4.78 is 15.8. The van der Waals surface area contributed by atoms with Crippen LogP contribution in [0.1, 0.15) is 24.0 Å². The Kier molecular flexibility index (Phi) is 8.61. The van der Waals surface area contributed by atoms with Gasteiger partial charge in [0.05, 0.1) is 12.7 Å². The van der Waals surface area contributed by atoms with E-state index < -0.39 is 36.7 Å². The monoisotopic (exact) mass is 470 g/mol. The largest absolute Gasteiger partial charge is 0.480 e. The lowest BCUT2D eigenvalue weighted by Crippen LogP contribution is -2.55. The SMILES string of the molecule is COCCN(CC(=O)O)C(=O)C(NC(=O)OCC1c2ccccc2-c2ccccc21)C(C)OC. The normalized spacial score (nSPS) is 14.0. The molecule has 0 aliphatic heterocycles. The third kappa shape index (κ3) is 5.73. The predicted octanol–water partition coefficient (Wildman–Crippen LogP) is 2.49. The number of carbonyl (C=O) groups is 3. The van der Waals surface area contributed by atoms with Crippen molar-refractivity contribution in [1.29, 1.82) is 0 Å². The zero-order valence-electron chi connectivity index (χ0n) is 19.5. The quantitative estimate of drug-likeness (QED) is 0.519. The van der Waals surface area contributed by atoms with Crippen molar-refractivity contribution in [2.24, 2.45) is 0 Å². The topological polar surface area (TPSA) is 114 Å². The van der Waals surface area contributed by atoms with E-state index in [-0.39, 0.29) is 25.7 Å². The molecule has 0 aromatic heterocycles. The third-order valence-electron chi connectivity index (χ3n) is 5.93. The van der Waals surface area contributed by atoms with Crippen molar-refractivity contribution < 1.29 is 33.7 Å². The molecule has 2 N–H and O–H groups in total. The molecule has 2 unspecified atom stereocenters. The zero-order valence-corrected chi connectivity index (χ0v) is 19.5. The van der Waals surface area contributed by atoms with E-state index >= 15 is 0 Å². The molecule has 0 heterocycles. The first-order valence-corrected chi connectivity index (χ1v) is 11.0. The predicted molar refractivity (Wildman–Crippen MR) is 125 cm³/mol. The van der Waals surface area contributed by atoms with Crippen LogP contribution in [0.3, 0.4) is 0 Å². The second kappa shape index (κ2) is 11.6. The van der Waals surface area contributed by atoms with Crippen LogP contribution in [0.4, 0.5) is 4.79 Å². The van der Waals surface area contributed by atoms with Crippen molar-refractivity contribution in [3.63, 3.8) is 0 Å². The number of carboxylic acid groups (broad SMARTS) is 1. The van der Waals surface area contributed by atoms with Crippen molar-refractivity contribution in [3.05, 3.63) is 59.7 Å². The molecule has 2 aromatic rings. The number of hydrogen-bond acceptors (Lipinski definition) is 6. The summed E-state index contributed by atoms with van der Waals surface area (Å²) in [6.45, 7) is 1.38. The van der Waals surface area contributed by atoms with E-state index in [0.717, 1.165) is 27.2 Å². The summed E-state index contributed by atoms with van der Waals surface area (Å²) in [4.78, 5) is 38.1. The maximum Gasteiger partial charge on any atom is 0.407 e. The van der Waals surface area contributed by atoms with Crippen molar-refractivity contribution >= 4 is 18.0 Å². The maximum atomic E-state index is 13.1. The van der Waals surface area contributed by atoms with Gasteiger partial charge < -0.3 is 29.5 Å². The number of rotatable bonds is 11. The minimum absolute atomic E-state index is 0.0565. The Hall–Kier alpha value is -3.43. The van der Waals surface area contributed by atoms with Crippen LogP contribution in [-0.4, -0.2) is 80.6 Å². The van der Waals surface area contributed by atoms with Gasteiger partial charge in [0, 0.05) is 26.7 Å². The molecular weight excluding hydrogens is 440 g/mol. The number of carbonyl (C=O) groups excluding carboxylic acids is 2. The van der Waals surface area contributed by atoms with Crippen LogP contribution in [0.15, 0.2) is 48.5 Å². The highest BCUT2D eigenvalue weighted by atomic mass is 16.5. The fraction of sp³-hybridized carbons (Fsp3) is 0.400. The molecule has 1 aliphatic carbocycles. The van der Waals surface area contributed by atoms with Crippen LogP contribution in [0.2, 0.25) is 0 Å². The molecule has 182 valence electrons. The number of nitrogens with one attached hydrogen (secondary N) is 1. The van der Waals surface area contributed by atoms with Gasteiger partial charge in [-0.3, -0.25) is 9.59 Å². The summed E-state index contributed by atoms with van der Waals surface area (Å²) in [6.07, 6.45) is -1.50. The molecule has 0 radical (unpaired) electrons. The molecule has 1 aliphatic rings. The Labute approximate surface area is 198 Å². The van der Waals surface area contributed by atoms with Gasteiger partial charge in [-0.1, -0.05) is 48.5 Å². The summed E-state index contributed by atoms with van der Waals surface area (Å²) in [6, 6.07) is 14.8. The highest BCUT2D eigenvalue weighted by Gasteiger charge is 2.33. The van der Waals surface area contributed by atoms with Gasteiger partial charge in [-0.25, -0.2) is 4.79 Å². The number of aliphatic carboxylic acids is 1. The molecule has 0 fully saturated rings. The molecule has 2 amide bonds. The van der Waals surface area contributed by atoms with Gasteiger partial charge in [0.1, 0.15) is 19.2 Å². The number of ether oxygens (including phenoxy) is 3. The Morgan fingerprint density at radius 1 is 1.03 bits per heavy atom. The molecule has 3 rings (SSSR count). The summed E-state index contributed by atoms with van der Waals surface area (Å²) >= 11 is 0. The molecular formula is C25H30N2O7.